The Morgan fingerprint density at radius 2 is 1.37 bits per heavy atom. The summed E-state index contributed by atoms with van der Waals surface area (Å²) in [5, 5.41) is 21.5. The van der Waals surface area contributed by atoms with Crippen LogP contribution >= 0.6 is 23.5 Å². The van der Waals surface area contributed by atoms with Gasteiger partial charge in [0.05, 0.1) is 0 Å². The molecule has 0 aromatic carbocycles. The van der Waals surface area contributed by atoms with Crippen molar-refractivity contribution >= 4 is 23.5 Å². The lowest BCUT2D eigenvalue weighted by Crippen LogP contribution is -2.40. The number of hydrogen-bond acceptors (Lipinski definition) is 11. The summed E-state index contributed by atoms with van der Waals surface area (Å²) in [6.07, 6.45) is 5.08. The van der Waals surface area contributed by atoms with Crippen molar-refractivity contribution in [2.75, 3.05) is 0 Å². The minimum atomic E-state index is -5.87. The summed E-state index contributed by atoms with van der Waals surface area (Å²) in [4.78, 5) is 63.2. The van der Waals surface area contributed by atoms with Crippen molar-refractivity contribution in [2.45, 2.75) is 110 Å². The monoisotopic (exact) mass is 756 g/mol. The minimum Gasteiger partial charge on any atom is -0.387 e. The maximum Gasteiger partial charge on any atom is 0.490 e. The van der Waals surface area contributed by atoms with Crippen molar-refractivity contribution in [3.8, 4) is 0 Å². The molecule has 0 aliphatic carbocycles. The first-order chi connectivity index (χ1) is 22.6. The molecule has 0 saturated carbocycles. The van der Waals surface area contributed by atoms with Crippen LogP contribution in [0.15, 0.2) is 68.4 Å². The fourth-order valence-electron chi connectivity index (χ4n) is 4.86. The van der Waals surface area contributed by atoms with Gasteiger partial charge in [0.15, 0.2) is 6.23 Å². The van der Waals surface area contributed by atoms with Crippen molar-refractivity contribution in [1.29, 1.82) is 0 Å². The largest absolute Gasteiger partial charge is 0.490 e. The van der Waals surface area contributed by atoms with Gasteiger partial charge < -0.3 is 34.5 Å². The van der Waals surface area contributed by atoms with Crippen LogP contribution < -0.4 is 11.2 Å². The first-order valence-electron chi connectivity index (χ1n) is 15.3. The predicted octanol–water partition coefficient (Wildman–Crippen LogP) is 4.40. The fraction of sp³-hybridized carbons (Fsp3) is 0.586. The van der Waals surface area contributed by atoms with Gasteiger partial charge >= 0.3 is 29.2 Å². The maximum absolute atomic E-state index is 12.7. The van der Waals surface area contributed by atoms with Gasteiger partial charge in [-0.3, -0.25) is 18.9 Å². The van der Waals surface area contributed by atoms with E-state index in [0.29, 0.717) is 12.8 Å². The first kappa shape index (κ1) is 43.1. The van der Waals surface area contributed by atoms with Crippen LogP contribution in [0, 0.1) is 0 Å². The molecule has 49 heavy (non-hydrogen) atoms. The van der Waals surface area contributed by atoms with Crippen LogP contribution in [0.2, 0.25) is 0 Å². The van der Waals surface area contributed by atoms with E-state index in [1.807, 2.05) is 11.9 Å². The Kier molecular flexibility index (Phi) is 16.7. The fourth-order valence-corrected chi connectivity index (χ4v) is 8.07. The molecule has 0 amide bonds. The van der Waals surface area contributed by atoms with Crippen LogP contribution in [0.5, 0.6) is 0 Å². The predicted molar refractivity (Wildman–Crippen MR) is 179 cm³/mol. The van der Waals surface area contributed by atoms with E-state index in [9.17, 15) is 43.3 Å². The van der Waals surface area contributed by atoms with E-state index in [4.69, 9.17) is 19.0 Å². The highest BCUT2D eigenvalue weighted by molar-refractivity contribution is 7.66. The number of nitrogens with zero attached hydrogens (tertiary/aromatic N) is 1. The zero-order chi connectivity index (χ0) is 37.2. The lowest BCUT2D eigenvalue weighted by molar-refractivity contribution is -0.0823. The number of aliphatic hydroxyl groups is 2. The van der Waals surface area contributed by atoms with E-state index >= 15 is 0 Å². The maximum atomic E-state index is 12.7. The van der Waals surface area contributed by atoms with E-state index in [0.717, 1.165) is 48.1 Å². The van der Waals surface area contributed by atoms with E-state index < -0.39 is 65.4 Å². The standard InChI is InChI=1S/C29H47N2O15P3/c1-19(2)9-6-10-20(3)11-7-12-21(4)13-8-14-22(5)15-16-23(44-48(39,40)46-49(41,42)45-47(36,37)38)27-25(33)26(34)28(43-27)31-18-17-24(32)30-29(31)35/h9,11,13,15,17-18,23,25-28,33-34H,6-8,10,12,14,16H2,1-5H3,(H,39,40)(H,41,42)(H,30,32,35)(H2,36,37,38)/t23?,25-,26+,27+,28+/m0/s1. The van der Waals surface area contributed by atoms with Crippen LogP contribution in [-0.4, -0.2) is 63.8 Å². The Morgan fingerprint density at radius 1 is 0.837 bits per heavy atom. The van der Waals surface area contributed by atoms with Crippen molar-refractivity contribution in [1.82, 2.24) is 9.55 Å². The number of phosphoric ester groups is 1. The number of ether oxygens (including phenoxy) is 1. The molecule has 1 aromatic rings. The molecule has 1 saturated heterocycles. The molecule has 7 N–H and O–H groups in total. The highest BCUT2D eigenvalue weighted by Crippen LogP contribution is 2.66. The molecule has 3 unspecified atom stereocenters. The molecule has 2 rings (SSSR count). The van der Waals surface area contributed by atoms with Crippen molar-refractivity contribution in [2.24, 2.45) is 0 Å². The molecule has 1 fully saturated rings. The molecular formula is C29H47N2O15P3. The van der Waals surface area contributed by atoms with Gasteiger partial charge in [-0.25, -0.2) is 18.5 Å². The van der Waals surface area contributed by atoms with Crippen molar-refractivity contribution in [3.05, 3.63) is 79.7 Å². The van der Waals surface area contributed by atoms with Gasteiger partial charge in [0.2, 0.25) is 0 Å². The molecule has 0 radical (unpaired) electrons. The molecule has 0 spiro atoms. The van der Waals surface area contributed by atoms with E-state index in [2.05, 4.69) is 47.6 Å². The Bertz CT molecular complexity index is 1650. The zero-order valence-electron chi connectivity index (χ0n) is 27.9. The van der Waals surface area contributed by atoms with Crippen LogP contribution in [0.3, 0.4) is 0 Å². The Balaban J connectivity index is 2.19. The van der Waals surface area contributed by atoms with Gasteiger partial charge in [-0.2, -0.15) is 8.62 Å². The van der Waals surface area contributed by atoms with Gasteiger partial charge in [0.1, 0.15) is 24.4 Å². The average Bonchev–Trinajstić information content (AvgIpc) is 3.22. The van der Waals surface area contributed by atoms with Gasteiger partial charge in [0.25, 0.3) is 5.56 Å². The number of hydrogen-bond donors (Lipinski definition) is 7. The lowest BCUT2D eigenvalue weighted by atomic mass is 10.0. The van der Waals surface area contributed by atoms with E-state index in [1.54, 1.807) is 13.0 Å². The van der Waals surface area contributed by atoms with Crippen LogP contribution in [0.4, 0.5) is 0 Å². The van der Waals surface area contributed by atoms with Crippen molar-refractivity contribution < 1.29 is 61.4 Å². The second kappa shape index (κ2) is 19.0. The molecule has 1 aliphatic heterocycles. The number of nitrogens with one attached hydrogen (secondary N) is 1. The quantitative estimate of drug-likeness (QED) is 0.0762. The summed E-state index contributed by atoms with van der Waals surface area (Å²) in [5.74, 6) is 0. The normalized spacial score (nSPS) is 23.9. The number of allylic oxidation sites excluding steroid dienone is 7. The number of phosphoric acid groups is 3. The molecule has 7 atom stereocenters. The third-order valence-corrected chi connectivity index (χ3v) is 11.2. The molecular weight excluding hydrogens is 709 g/mol. The molecule has 17 nitrogen and oxygen atoms in total. The van der Waals surface area contributed by atoms with Gasteiger partial charge in [-0.1, -0.05) is 46.6 Å². The summed E-state index contributed by atoms with van der Waals surface area (Å²) in [6.45, 7) is 10.0. The molecule has 0 bridgehead atoms. The first-order valence-corrected chi connectivity index (χ1v) is 19.9. The summed E-state index contributed by atoms with van der Waals surface area (Å²) >= 11 is 0. The highest BCUT2D eigenvalue weighted by Gasteiger charge is 2.50. The number of H-pyrrole nitrogens is 1. The topological polar surface area (TPSA) is 264 Å². The van der Waals surface area contributed by atoms with Crippen LogP contribution in [0.25, 0.3) is 0 Å². The molecule has 2 heterocycles. The second-order valence-corrected chi connectivity index (χ2v) is 16.4. The van der Waals surface area contributed by atoms with Gasteiger partial charge in [-0.05, 0) is 79.6 Å². The lowest BCUT2D eigenvalue weighted by Gasteiger charge is -2.27. The zero-order valence-corrected chi connectivity index (χ0v) is 30.6. The molecule has 1 aliphatic rings. The second-order valence-electron chi connectivity index (χ2n) is 12.0. The summed E-state index contributed by atoms with van der Waals surface area (Å²) in [5.41, 5.74) is 2.82. The number of aliphatic hydroxyl groups excluding tert-OH is 2. The van der Waals surface area contributed by atoms with Gasteiger partial charge in [0, 0.05) is 12.3 Å². The minimum absolute atomic E-state index is 0.309. The summed E-state index contributed by atoms with van der Waals surface area (Å²) in [6, 6.07) is 0.952. The third-order valence-electron chi connectivity index (χ3n) is 7.30. The molecule has 1 aromatic heterocycles. The average molecular weight is 757 g/mol. The SMILES string of the molecule is CC(C)=CCCC(C)=CCCC(C)=CCCC(C)=CCC(OP(=O)(O)OP(=O)(O)OP(=O)(O)O)[C@H]1O[C@@H](n2ccc(=O)[nH]c2=O)[C@H](O)[C@@H]1O. The Labute approximate surface area is 284 Å². The van der Waals surface area contributed by atoms with E-state index in [-0.39, 0.29) is 6.42 Å². The Morgan fingerprint density at radius 3 is 1.88 bits per heavy atom. The molecule has 20 heteroatoms. The van der Waals surface area contributed by atoms with Crippen LogP contribution in [-0.2, 0) is 31.6 Å². The molecule has 278 valence electrons. The van der Waals surface area contributed by atoms with Crippen LogP contribution in [0.1, 0.15) is 85.8 Å². The number of aromatic nitrogens is 2. The number of rotatable bonds is 19. The third kappa shape index (κ3) is 15.8. The van der Waals surface area contributed by atoms with Crippen molar-refractivity contribution in [3.63, 3.8) is 0 Å². The smallest absolute Gasteiger partial charge is 0.387 e. The Hall–Kier alpha value is -2.07. The van der Waals surface area contributed by atoms with E-state index in [1.165, 1.54) is 16.7 Å². The summed E-state index contributed by atoms with van der Waals surface area (Å²) < 4.78 is 54.7. The number of aromatic amines is 1. The summed E-state index contributed by atoms with van der Waals surface area (Å²) in [7, 11) is -17.2. The highest BCUT2D eigenvalue weighted by atomic mass is 31.3. The van der Waals surface area contributed by atoms with Gasteiger partial charge in [-0.15, -0.1) is 0 Å².